The van der Waals surface area contributed by atoms with Crippen LogP contribution in [-0.2, 0) is 6.54 Å². The van der Waals surface area contributed by atoms with Crippen LogP contribution < -0.4 is 5.32 Å². The molecule has 4 aliphatic carbocycles. The molecule has 0 aliphatic heterocycles. The van der Waals surface area contributed by atoms with Gasteiger partial charge in [0, 0.05) is 12.6 Å². The van der Waals surface area contributed by atoms with Crippen LogP contribution in [-0.4, -0.2) is 6.04 Å². The van der Waals surface area contributed by atoms with E-state index >= 15 is 0 Å². The van der Waals surface area contributed by atoms with Crippen LogP contribution in [0, 0.1) is 23.2 Å². The maximum atomic E-state index is 3.86. The van der Waals surface area contributed by atoms with E-state index in [0.29, 0.717) is 11.5 Å². The maximum Gasteiger partial charge on any atom is 0.0208 e. The first-order valence-corrected chi connectivity index (χ1v) is 8.51. The fourth-order valence-corrected chi connectivity index (χ4v) is 5.79. The van der Waals surface area contributed by atoms with Gasteiger partial charge in [-0.05, 0) is 74.2 Å². The van der Waals surface area contributed by atoms with E-state index < -0.39 is 0 Å². The Bertz CT molecular complexity index is 429. The van der Waals surface area contributed by atoms with Crippen molar-refractivity contribution in [2.75, 3.05) is 0 Å². The van der Waals surface area contributed by atoms with Crippen LogP contribution in [0.25, 0.3) is 0 Å². The lowest BCUT2D eigenvalue weighted by Crippen LogP contribution is -2.54. The molecule has 0 radical (unpaired) electrons. The van der Waals surface area contributed by atoms with E-state index in [0.717, 1.165) is 24.3 Å². The van der Waals surface area contributed by atoms with Gasteiger partial charge < -0.3 is 5.32 Å². The lowest BCUT2D eigenvalue weighted by atomic mass is 9.48. The van der Waals surface area contributed by atoms with Gasteiger partial charge in [-0.15, -0.1) is 0 Å². The summed E-state index contributed by atoms with van der Waals surface area (Å²) < 4.78 is 0. The summed E-state index contributed by atoms with van der Waals surface area (Å²) in [5.41, 5.74) is 2.05. The third-order valence-corrected chi connectivity index (χ3v) is 6.46. The molecule has 1 heteroatoms. The summed E-state index contributed by atoms with van der Waals surface area (Å²) in [6, 6.07) is 11.5. The van der Waals surface area contributed by atoms with Crippen LogP contribution in [0.4, 0.5) is 0 Å². The molecular formula is C19H27N. The molecule has 4 saturated carbocycles. The summed E-state index contributed by atoms with van der Waals surface area (Å²) in [5.74, 6) is 3.17. The second-order valence-electron chi connectivity index (χ2n) is 7.87. The minimum atomic E-state index is 0.629. The van der Waals surface area contributed by atoms with Gasteiger partial charge in [0.15, 0.2) is 0 Å². The van der Waals surface area contributed by atoms with E-state index in [1.807, 2.05) is 0 Å². The van der Waals surface area contributed by atoms with Gasteiger partial charge in [0.1, 0.15) is 0 Å². The molecule has 20 heavy (non-hydrogen) atoms. The fourth-order valence-electron chi connectivity index (χ4n) is 5.79. The number of rotatable bonds is 4. The van der Waals surface area contributed by atoms with Crippen molar-refractivity contribution in [1.29, 1.82) is 0 Å². The molecule has 4 aliphatic rings. The summed E-state index contributed by atoms with van der Waals surface area (Å²) in [5, 5.41) is 3.86. The molecule has 4 fully saturated rings. The molecule has 1 aromatic rings. The van der Waals surface area contributed by atoms with E-state index in [2.05, 4.69) is 42.6 Å². The van der Waals surface area contributed by atoms with Crippen molar-refractivity contribution in [2.45, 2.75) is 58.0 Å². The van der Waals surface area contributed by atoms with Crippen LogP contribution in [0.1, 0.15) is 51.0 Å². The third-order valence-electron chi connectivity index (χ3n) is 6.46. The van der Waals surface area contributed by atoms with Crippen molar-refractivity contribution in [3.05, 3.63) is 35.9 Å². The predicted octanol–water partition coefficient (Wildman–Crippen LogP) is 4.38. The Hall–Kier alpha value is -0.820. The van der Waals surface area contributed by atoms with Crippen LogP contribution in [0.2, 0.25) is 0 Å². The summed E-state index contributed by atoms with van der Waals surface area (Å²) in [6.07, 6.45) is 9.14. The highest BCUT2D eigenvalue weighted by atomic mass is 14.9. The maximum absolute atomic E-state index is 3.86. The molecule has 1 nitrogen and oxygen atoms in total. The van der Waals surface area contributed by atoms with Crippen LogP contribution in [0.3, 0.4) is 0 Å². The lowest BCUT2D eigenvalue weighted by molar-refractivity contribution is -0.0706. The smallest absolute Gasteiger partial charge is 0.0208 e. The van der Waals surface area contributed by atoms with E-state index in [9.17, 15) is 0 Å². The van der Waals surface area contributed by atoms with E-state index in [4.69, 9.17) is 0 Å². The second kappa shape index (κ2) is 4.87. The molecule has 4 bridgehead atoms. The van der Waals surface area contributed by atoms with Gasteiger partial charge in [-0.1, -0.05) is 30.3 Å². The zero-order valence-corrected chi connectivity index (χ0v) is 12.6. The molecule has 5 rings (SSSR count). The van der Waals surface area contributed by atoms with Crippen molar-refractivity contribution in [2.24, 2.45) is 23.2 Å². The van der Waals surface area contributed by atoms with Gasteiger partial charge in [0.2, 0.25) is 0 Å². The molecule has 0 unspecified atom stereocenters. The van der Waals surface area contributed by atoms with Crippen molar-refractivity contribution >= 4 is 0 Å². The summed E-state index contributed by atoms with van der Waals surface area (Å²) in [6.45, 7) is 3.49. The van der Waals surface area contributed by atoms with Crippen molar-refractivity contribution in [3.8, 4) is 0 Å². The Labute approximate surface area is 123 Å². The first kappa shape index (κ1) is 12.9. The zero-order chi connectivity index (χ0) is 13.6. The standard InChI is InChI=1S/C19H27N/c1-14(20-13-15-5-3-2-4-6-15)19-10-16-7-17(11-19)9-18(8-16)12-19/h2-6,14,16-18,20H,7-13H2,1H3/t14-,16?,17?,18?,19?/m1/s1. The van der Waals surface area contributed by atoms with Crippen molar-refractivity contribution in [3.63, 3.8) is 0 Å². The SMILES string of the molecule is C[C@@H](NCc1ccccc1)C12CC3CC(CC(C3)C1)C2. The topological polar surface area (TPSA) is 12.0 Å². The van der Waals surface area contributed by atoms with Crippen LogP contribution >= 0.6 is 0 Å². The average Bonchev–Trinajstić information content (AvgIpc) is 2.44. The third kappa shape index (κ3) is 2.20. The zero-order valence-electron chi connectivity index (χ0n) is 12.6. The molecule has 1 N–H and O–H groups in total. The van der Waals surface area contributed by atoms with Gasteiger partial charge in [0.25, 0.3) is 0 Å². The number of benzene rings is 1. The first-order chi connectivity index (χ1) is 9.73. The van der Waals surface area contributed by atoms with Crippen LogP contribution in [0.15, 0.2) is 30.3 Å². The normalized spacial score (nSPS) is 40.0. The minimum absolute atomic E-state index is 0.629. The number of nitrogens with one attached hydrogen (secondary N) is 1. The second-order valence-corrected chi connectivity index (χ2v) is 7.87. The van der Waals surface area contributed by atoms with E-state index in [1.165, 1.54) is 24.8 Å². The monoisotopic (exact) mass is 269 g/mol. The number of hydrogen-bond acceptors (Lipinski definition) is 1. The van der Waals surface area contributed by atoms with Crippen molar-refractivity contribution in [1.82, 2.24) is 5.32 Å². The quantitative estimate of drug-likeness (QED) is 0.855. The lowest BCUT2D eigenvalue weighted by Gasteiger charge is -2.59. The molecule has 0 aromatic heterocycles. The molecule has 1 aromatic carbocycles. The molecule has 0 spiro atoms. The molecular weight excluding hydrogens is 242 g/mol. The highest BCUT2D eigenvalue weighted by molar-refractivity contribution is 5.15. The minimum Gasteiger partial charge on any atom is -0.310 e. The molecule has 0 saturated heterocycles. The number of hydrogen-bond donors (Lipinski definition) is 1. The summed E-state index contributed by atoms with van der Waals surface area (Å²) in [7, 11) is 0. The molecule has 1 atom stereocenters. The molecule has 108 valence electrons. The van der Waals surface area contributed by atoms with Crippen molar-refractivity contribution < 1.29 is 0 Å². The molecule has 0 amide bonds. The highest BCUT2D eigenvalue weighted by Gasteiger charge is 2.52. The van der Waals surface area contributed by atoms with Crippen LogP contribution in [0.5, 0.6) is 0 Å². The highest BCUT2D eigenvalue weighted by Crippen LogP contribution is 2.61. The summed E-state index contributed by atoms with van der Waals surface area (Å²) in [4.78, 5) is 0. The summed E-state index contributed by atoms with van der Waals surface area (Å²) >= 11 is 0. The average molecular weight is 269 g/mol. The first-order valence-electron chi connectivity index (χ1n) is 8.51. The molecule has 0 heterocycles. The Kier molecular flexibility index (Phi) is 3.14. The van der Waals surface area contributed by atoms with E-state index in [1.54, 1.807) is 19.3 Å². The largest absolute Gasteiger partial charge is 0.310 e. The fraction of sp³-hybridized carbons (Fsp3) is 0.684. The van der Waals surface area contributed by atoms with Gasteiger partial charge >= 0.3 is 0 Å². The van der Waals surface area contributed by atoms with Gasteiger partial charge in [-0.25, -0.2) is 0 Å². The van der Waals surface area contributed by atoms with Gasteiger partial charge in [0.05, 0.1) is 0 Å². The Morgan fingerprint density at radius 1 is 1.00 bits per heavy atom. The Morgan fingerprint density at radius 3 is 2.10 bits per heavy atom. The Morgan fingerprint density at radius 2 is 1.55 bits per heavy atom. The predicted molar refractivity (Wildman–Crippen MR) is 83.3 cm³/mol. The Balaban J connectivity index is 1.44. The van der Waals surface area contributed by atoms with E-state index in [-0.39, 0.29) is 0 Å². The van der Waals surface area contributed by atoms with Gasteiger partial charge in [-0.2, -0.15) is 0 Å². The van der Waals surface area contributed by atoms with Gasteiger partial charge in [-0.3, -0.25) is 0 Å².